The van der Waals surface area contributed by atoms with Crippen molar-refractivity contribution >= 4 is 12.0 Å². The van der Waals surface area contributed by atoms with Gasteiger partial charge in [-0.2, -0.15) is 0 Å². The van der Waals surface area contributed by atoms with Crippen LogP contribution >= 0.6 is 0 Å². The van der Waals surface area contributed by atoms with Crippen LogP contribution in [0.3, 0.4) is 0 Å². The molecular weight excluding hydrogens is 416 g/mol. The molecule has 3 aromatic rings. The molecule has 8 heteroatoms. The van der Waals surface area contributed by atoms with E-state index in [1.807, 2.05) is 19.4 Å². The minimum absolute atomic E-state index is 0.273. The number of rotatable bonds is 6. The van der Waals surface area contributed by atoms with Gasteiger partial charge >= 0.3 is 6.09 Å². The largest absolute Gasteiger partial charge is 0.449 e. The zero-order chi connectivity index (χ0) is 22.8. The van der Waals surface area contributed by atoms with Crippen molar-refractivity contribution in [1.82, 2.24) is 24.4 Å². The summed E-state index contributed by atoms with van der Waals surface area (Å²) in [5, 5.41) is 3.49. The summed E-state index contributed by atoms with van der Waals surface area (Å²) in [6.45, 7) is 6.33. The third kappa shape index (κ3) is 4.69. The Kier molecular flexibility index (Phi) is 5.98. The maximum Gasteiger partial charge on any atom is 0.410 e. The number of aromatic nitrogens is 4. The number of hydrogen-bond acceptors (Lipinski definition) is 6. The number of benzene rings is 1. The average molecular weight is 447 g/mol. The molecule has 1 aliphatic heterocycles. The van der Waals surface area contributed by atoms with Gasteiger partial charge in [-0.15, -0.1) is 0 Å². The van der Waals surface area contributed by atoms with E-state index < -0.39 is 0 Å². The molecule has 3 heterocycles. The van der Waals surface area contributed by atoms with Crippen molar-refractivity contribution in [2.75, 3.05) is 18.5 Å². The number of carbonyl (C=O) groups excluding carboxylic acids is 1. The number of anilines is 1. The van der Waals surface area contributed by atoms with E-state index in [1.54, 1.807) is 4.90 Å². The first-order chi connectivity index (χ1) is 16.1. The van der Waals surface area contributed by atoms with Crippen LogP contribution in [0.2, 0.25) is 0 Å². The molecule has 0 atom stereocenters. The minimum atomic E-state index is -0.273. The summed E-state index contributed by atoms with van der Waals surface area (Å²) in [5.41, 5.74) is 6.99. The second-order valence-electron chi connectivity index (χ2n) is 8.93. The van der Waals surface area contributed by atoms with Crippen LogP contribution < -0.4 is 5.32 Å². The van der Waals surface area contributed by atoms with Gasteiger partial charge in [0.15, 0.2) is 0 Å². The van der Waals surface area contributed by atoms with E-state index in [-0.39, 0.29) is 6.09 Å². The Morgan fingerprint density at radius 2 is 1.94 bits per heavy atom. The van der Waals surface area contributed by atoms with Crippen LogP contribution in [0, 0.1) is 13.8 Å². The molecule has 5 rings (SSSR count). The van der Waals surface area contributed by atoms with Crippen LogP contribution in [0.1, 0.15) is 40.2 Å². The average Bonchev–Trinajstić information content (AvgIpc) is 3.38. The van der Waals surface area contributed by atoms with Gasteiger partial charge < -0.3 is 19.5 Å². The Morgan fingerprint density at radius 3 is 2.67 bits per heavy atom. The number of amides is 1. The van der Waals surface area contributed by atoms with Crippen LogP contribution in [0.5, 0.6) is 0 Å². The lowest BCUT2D eigenvalue weighted by Crippen LogP contribution is -2.37. The van der Waals surface area contributed by atoms with Crippen molar-refractivity contribution in [3.8, 4) is 0 Å². The maximum atomic E-state index is 12.5. The summed E-state index contributed by atoms with van der Waals surface area (Å²) in [5.74, 6) is 0.674. The van der Waals surface area contributed by atoms with Gasteiger partial charge in [-0.1, -0.05) is 24.3 Å². The Bertz CT molecular complexity index is 1130. The molecule has 2 aromatic heterocycles. The van der Waals surface area contributed by atoms with Crippen molar-refractivity contribution in [2.45, 2.75) is 58.7 Å². The monoisotopic (exact) mass is 446 g/mol. The van der Waals surface area contributed by atoms with Crippen molar-refractivity contribution in [3.05, 3.63) is 70.6 Å². The zero-order valence-corrected chi connectivity index (χ0v) is 19.3. The third-order valence-electron chi connectivity index (χ3n) is 6.69. The van der Waals surface area contributed by atoms with E-state index in [0.29, 0.717) is 38.1 Å². The first-order valence-electron chi connectivity index (χ1n) is 11.6. The molecule has 0 radical (unpaired) electrons. The number of nitrogens with zero attached hydrogens (tertiary/aromatic N) is 5. The summed E-state index contributed by atoms with van der Waals surface area (Å²) in [6.07, 6.45) is 6.87. The standard InChI is InChI=1S/C25H30N6O2/c1-17-18(2)31(16-27-17)9-5-11-33-25(32)30-10-8-23-21(15-30)14-26-24(29-23)28-22-12-19-6-3-4-7-20(19)13-22/h3-4,6-7,14,16,22H,5,8-13,15H2,1-2H3,(H,26,28,29). The normalized spacial score (nSPS) is 15.3. The summed E-state index contributed by atoms with van der Waals surface area (Å²) < 4.78 is 7.60. The third-order valence-corrected chi connectivity index (χ3v) is 6.69. The van der Waals surface area contributed by atoms with Crippen molar-refractivity contribution in [3.63, 3.8) is 0 Å². The fourth-order valence-electron chi connectivity index (χ4n) is 4.64. The van der Waals surface area contributed by atoms with E-state index in [0.717, 1.165) is 48.5 Å². The molecule has 33 heavy (non-hydrogen) atoms. The van der Waals surface area contributed by atoms with Crippen molar-refractivity contribution in [2.24, 2.45) is 0 Å². The lowest BCUT2D eigenvalue weighted by Gasteiger charge is -2.27. The molecule has 0 saturated heterocycles. The summed E-state index contributed by atoms with van der Waals surface area (Å²) in [7, 11) is 0. The van der Waals surface area contributed by atoms with E-state index in [1.165, 1.54) is 11.1 Å². The Hall–Kier alpha value is -3.42. The van der Waals surface area contributed by atoms with Crippen molar-refractivity contribution in [1.29, 1.82) is 0 Å². The number of carbonyl (C=O) groups is 1. The molecule has 0 bridgehead atoms. The van der Waals surface area contributed by atoms with Crippen LogP contribution in [-0.4, -0.2) is 49.7 Å². The van der Waals surface area contributed by atoms with Gasteiger partial charge in [0.25, 0.3) is 0 Å². The first kappa shape index (κ1) is 21.4. The number of aryl methyl sites for hydroxylation is 2. The SMILES string of the molecule is Cc1ncn(CCCOC(=O)N2CCc3nc(NC4Cc5ccccc5C4)ncc3C2)c1C. The van der Waals surface area contributed by atoms with Gasteiger partial charge in [0, 0.05) is 43.0 Å². The maximum absolute atomic E-state index is 12.5. The number of ether oxygens (including phenoxy) is 1. The van der Waals surface area contributed by atoms with Crippen LogP contribution in [0.15, 0.2) is 36.8 Å². The van der Waals surface area contributed by atoms with Gasteiger partial charge in [0.2, 0.25) is 5.95 Å². The Morgan fingerprint density at radius 1 is 1.15 bits per heavy atom. The second kappa shape index (κ2) is 9.21. The van der Waals surface area contributed by atoms with Gasteiger partial charge in [0.1, 0.15) is 0 Å². The van der Waals surface area contributed by atoms with E-state index in [4.69, 9.17) is 9.72 Å². The number of nitrogens with one attached hydrogen (secondary N) is 1. The summed E-state index contributed by atoms with van der Waals surface area (Å²) in [6, 6.07) is 8.89. The molecule has 1 aromatic carbocycles. The highest BCUT2D eigenvalue weighted by Gasteiger charge is 2.25. The molecule has 1 N–H and O–H groups in total. The molecule has 0 fully saturated rings. The van der Waals surface area contributed by atoms with E-state index >= 15 is 0 Å². The molecule has 1 aliphatic carbocycles. The predicted molar refractivity (Wildman–Crippen MR) is 125 cm³/mol. The zero-order valence-electron chi connectivity index (χ0n) is 19.3. The van der Waals surface area contributed by atoms with Gasteiger partial charge in [0.05, 0.1) is 30.9 Å². The Balaban J connectivity index is 1.10. The molecule has 0 saturated carbocycles. The molecule has 172 valence electrons. The topological polar surface area (TPSA) is 85.2 Å². The highest BCUT2D eigenvalue weighted by Crippen LogP contribution is 2.24. The summed E-state index contributed by atoms with van der Waals surface area (Å²) in [4.78, 5) is 27.8. The van der Waals surface area contributed by atoms with E-state index in [9.17, 15) is 4.79 Å². The Labute approximate surface area is 194 Å². The molecule has 1 amide bonds. The highest BCUT2D eigenvalue weighted by molar-refractivity contribution is 5.68. The summed E-state index contributed by atoms with van der Waals surface area (Å²) >= 11 is 0. The van der Waals surface area contributed by atoms with Gasteiger partial charge in [-0.3, -0.25) is 0 Å². The number of hydrogen-bond donors (Lipinski definition) is 1. The van der Waals surface area contributed by atoms with Crippen LogP contribution in [0.25, 0.3) is 0 Å². The smallest absolute Gasteiger partial charge is 0.410 e. The van der Waals surface area contributed by atoms with Crippen LogP contribution in [0.4, 0.5) is 10.7 Å². The first-order valence-corrected chi connectivity index (χ1v) is 11.6. The van der Waals surface area contributed by atoms with Crippen molar-refractivity contribution < 1.29 is 9.53 Å². The predicted octanol–water partition coefficient (Wildman–Crippen LogP) is 3.45. The van der Waals surface area contributed by atoms with E-state index in [2.05, 4.69) is 51.0 Å². The lowest BCUT2D eigenvalue weighted by atomic mass is 10.1. The van der Waals surface area contributed by atoms with Gasteiger partial charge in [-0.05, 0) is 44.2 Å². The van der Waals surface area contributed by atoms with Gasteiger partial charge in [-0.25, -0.2) is 19.7 Å². The molecule has 0 unspecified atom stereocenters. The molecule has 2 aliphatic rings. The second-order valence-corrected chi connectivity index (χ2v) is 8.93. The van der Waals surface area contributed by atoms with Crippen LogP contribution in [-0.2, 0) is 37.1 Å². The number of fused-ring (bicyclic) bond motifs is 2. The highest BCUT2D eigenvalue weighted by atomic mass is 16.6. The molecule has 8 nitrogen and oxygen atoms in total. The molecular formula is C25H30N6O2. The minimum Gasteiger partial charge on any atom is -0.449 e. The molecule has 0 spiro atoms. The fraction of sp³-hybridized carbons (Fsp3) is 0.440. The lowest BCUT2D eigenvalue weighted by molar-refractivity contribution is 0.0953. The fourth-order valence-corrected chi connectivity index (χ4v) is 4.64. The quantitative estimate of drug-likeness (QED) is 0.584. The number of imidazole rings is 1.